The molecule has 15 heteroatoms. The number of ether oxygens (including phenoxy) is 4. The van der Waals surface area contributed by atoms with E-state index in [0.29, 0.717) is 97.4 Å². The molecule has 2 saturated carbocycles. The third-order valence-corrected chi connectivity index (χ3v) is 22.1. The first-order valence-corrected chi connectivity index (χ1v) is 35.2. The summed E-state index contributed by atoms with van der Waals surface area (Å²) in [5, 5.41) is 10.8. The molecule has 2 bridgehead atoms. The molecule has 5 unspecified atom stereocenters. The first-order valence-electron chi connectivity index (χ1n) is 35.2. The minimum absolute atomic E-state index is 0.00335. The Morgan fingerprint density at radius 2 is 1.20 bits per heavy atom. The highest BCUT2D eigenvalue weighted by molar-refractivity contribution is 5.98. The number of fused-ring (bicyclic) bond motifs is 3. The summed E-state index contributed by atoms with van der Waals surface area (Å²) in [6.45, 7) is 53.5. The van der Waals surface area contributed by atoms with E-state index in [9.17, 15) is 19.5 Å². The lowest BCUT2D eigenvalue weighted by molar-refractivity contribution is -0.156. The Bertz CT molecular complexity index is 3070. The number of cyclic esters (lactones) is 1. The molecule has 92 heavy (non-hydrogen) atoms. The highest BCUT2D eigenvalue weighted by Gasteiger charge is 2.51. The number of rotatable bonds is 20. The number of nitrogens with one attached hydrogen (secondary N) is 1. The fourth-order valence-electron chi connectivity index (χ4n) is 16.1. The van der Waals surface area contributed by atoms with Crippen LogP contribution in [0.4, 0.5) is 0 Å². The van der Waals surface area contributed by atoms with Gasteiger partial charge in [0.15, 0.2) is 6.73 Å². The summed E-state index contributed by atoms with van der Waals surface area (Å²) in [5.74, 6) is -5.50. The lowest BCUT2D eigenvalue weighted by Crippen LogP contribution is -2.49. The van der Waals surface area contributed by atoms with Crippen molar-refractivity contribution in [2.45, 2.75) is 300 Å². The standard InChI is InChI=1S/C77H123N3O12/c1-26-76(27-2,35-32-36-89-67(84)46(9)10)56(81)42-55-60(69(86)91-64-51(72(14,15)16)37-47(11)38-52(64)73(17,18)19)59(45(7)8)63-49(13)62-58(44(5)6)61(70(87)92-65-53(74(20,21)22)39-48(12)40-54(65)75(23,24)25)66(78-62)79-71(88)77(28-3,29-4)34-31-30-33-50(41-57(82)83)68(85)90-43-80(55)63/h44-45,47-48,50-54,64-65H,9,26-43H2,1-8,10-25H3,(H,82,83)(H,78,79,88). The number of carbonyl (C=O) groups excluding carboxylic acids is 6. The molecule has 15 nitrogen and oxygen atoms in total. The number of hydrogen-bond acceptors (Lipinski definition) is 11. The lowest BCUT2D eigenvalue weighted by atomic mass is 9.59. The molecule has 2 aromatic rings. The van der Waals surface area contributed by atoms with Gasteiger partial charge < -0.3 is 33.6 Å². The molecule has 2 aliphatic carbocycles. The summed E-state index contributed by atoms with van der Waals surface area (Å²) in [5.41, 5.74) is 0.00145. The normalized spacial score (nSPS) is 24.1. The molecule has 3 aliphatic rings. The third kappa shape index (κ3) is 17.6. The van der Waals surface area contributed by atoms with Gasteiger partial charge in [-0.2, -0.15) is 4.99 Å². The molecule has 2 aromatic heterocycles. The summed E-state index contributed by atoms with van der Waals surface area (Å²) in [6, 6.07) is 0. The molecule has 3 heterocycles. The number of aromatic amines is 1. The number of Topliss-reactive ketones (excluding diaryl/α,β-unsaturated/α-hetero) is 1. The molecular weight excluding hydrogens is 1160 g/mol. The summed E-state index contributed by atoms with van der Waals surface area (Å²) in [6.07, 6.45) is 5.44. The van der Waals surface area contributed by atoms with Crippen LogP contribution in [-0.4, -0.2) is 75.0 Å². The smallest absolute Gasteiger partial charge is 0.342 e. The zero-order valence-electron chi connectivity index (χ0n) is 61.6. The second-order valence-electron chi connectivity index (χ2n) is 33.5. The number of aromatic nitrogens is 2. The first kappa shape index (κ1) is 77.4. The van der Waals surface area contributed by atoms with Crippen molar-refractivity contribution in [3.8, 4) is 0 Å². The van der Waals surface area contributed by atoms with Crippen LogP contribution in [0, 0.1) is 73.9 Å². The number of nitrogens with zero attached hydrogens (tertiary/aromatic N) is 2. The molecule has 0 aromatic carbocycles. The Morgan fingerprint density at radius 3 is 1.61 bits per heavy atom. The second kappa shape index (κ2) is 30.6. The van der Waals surface area contributed by atoms with Crippen LogP contribution >= 0.6 is 0 Å². The predicted octanol–water partition coefficient (Wildman–Crippen LogP) is 16.8. The van der Waals surface area contributed by atoms with E-state index in [1.807, 2.05) is 62.3 Å². The Kier molecular flexibility index (Phi) is 25.7. The summed E-state index contributed by atoms with van der Waals surface area (Å²) in [7, 11) is 0. The number of H-pyrrole nitrogens is 1. The fraction of sp³-hybridized carbons (Fsp3) is 0.766. The van der Waals surface area contributed by atoms with Gasteiger partial charge in [-0.05, 0) is 153 Å². The van der Waals surface area contributed by atoms with Crippen LogP contribution in [0.25, 0.3) is 5.57 Å². The zero-order chi connectivity index (χ0) is 69.7. The number of carbonyl (C=O) groups is 7. The molecule has 2 fully saturated rings. The number of carboxylic acids is 1. The van der Waals surface area contributed by atoms with E-state index < -0.39 is 89.7 Å². The molecule has 5 atom stereocenters. The van der Waals surface area contributed by atoms with Crippen LogP contribution in [0.1, 0.15) is 318 Å². The van der Waals surface area contributed by atoms with Crippen molar-refractivity contribution >= 4 is 47.1 Å². The number of esters is 4. The van der Waals surface area contributed by atoms with Gasteiger partial charge in [0.05, 0.1) is 35.6 Å². The van der Waals surface area contributed by atoms with Crippen LogP contribution in [0.5, 0.6) is 0 Å². The van der Waals surface area contributed by atoms with E-state index in [1.165, 1.54) is 0 Å². The van der Waals surface area contributed by atoms with Gasteiger partial charge in [-0.3, -0.25) is 19.2 Å². The molecule has 1 aliphatic heterocycles. The van der Waals surface area contributed by atoms with Gasteiger partial charge in [0.25, 0.3) is 5.91 Å². The largest absolute Gasteiger partial charge is 0.481 e. The maximum absolute atomic E-state index is 16.5. The Labute approximate surface area is 553 Å². The average Bonchev–Trinajstić information content (AvgIpc) is 1.54. The lowest BCUT2D eigenvalue weighted by Gasteiger charge is -2.50. The Balaban J connectivity index is 2.07. The van der Waals surface area contributed by atoms with Crippen molar-refractivity contribution in [1.29, 1.82) is 0 Å². The number of ketones is 1. The molecule has 0 radical (unpaired) electrons. The number of hydrogen-bond donors (Lipinski definition) is 2. The van der Waals surface area contributed by atoms with Crippen molar-refractivity contribution in [2.24, 2.45) is 78.9 Å². The Hall–Kier alpha value is -5.34. The number of amides is 1. The van der Waals surface area contributed by atoms with Crippen LogP contribution in [0.15, 0.2) is 17.1 Å². The van der Waals surface area contributed by atoms with E-state index >= 15 is 19.2 Å². The summed E-state index contributed by atoms with van der Waals surface area (Å²) in [4.78, 5) is 113. The van der Waals surface area contributed by atoms with Crippen LogP contribution in [0.2, 0.25) is 0 Å². The van der Waals surface area contributed by atoms with Gasteiger partial charge in [0, 0.05) is 52.1 Å². The maximum Gasteiger partial charge on any atom is 0.342 e. The molecule has 518 valence electrons. The van der Waals surface area contributed by atoms with E-state index in [2.05, 4.69) is 108 Å². The first-order chi connectivity index (χ1) is 42.5. The van der Waals surface area contributed by atoms with Gasteiger partial charge in [0.2, 0.25) is 0 Å². The van der Waals surface area contributed by atoms with E-state index in [4.69, 9.17) is 23.9 Å². The highest BCUT2D eigenvalue weighted by Crippen LogP contribution is 2.52. The van der Waals surface area contributed by atoms with E-state index in [1.54, 1.807) is 11.5 Å². The van der Waals surface area contributed by atoms with E-state index in [-0.39, 0.29) is 98.4 Å². The molecule has 1 amide bonds. The number of carboxylic acid groups (broad SMARTS) is 1. The molecular formula is C77H123N3O12. The zero-order valence-corrected chi connectivity index (χ0v) is 61.6. The summed E-state index contributed by atoms with van der Waals surface area (Å²) >= 11 is 0. The highest BCUT2D eigenvalue weighted by atomic mass is 16.6. The van der Waals surface area contributed by atoms with Crippen molar-refractivity contribution in [3.05, 3.63) is 56.6 Å². The fourth-order valence-corrected chi connectivity index (χ4v) is 16.1. The van der Waals surface area contributed by atoms with Crippen LogP contribution < -0.4 is 10.8 Å². The molecule has 0 spiro atoms. The van der Waals surface area contributed by atoms with Crippen LogP contribution in [0.3, 0.4) is 0 Å². The molecule has 0 saturated heterocycles. The quantitative estimate of drug-likeness (QED) is 0.0549. The van der Waals surface area contributed by atoms with Gasteiger partial charge >= 0.3 is 29.8 Å². The number of aliphatic carboxylic acids is 1. The van der Waals surface area contributed by atoms with Gasteiger partial charge in [-0.15, -0.1) is 0 Å². The van der Waals surface area contributed by atoms with Gasteiger partial charge in [0.1, 0.15) is 29.0 Å². The third-order valence-electron chi connectivity index (χ3n) is 22.1. The van der Waals surface area contributed by atoms with Crippen molar-refractivity contribution in [2.75, 3.05) is 6.61 Å². The minimum atomic E-state index is -1.17. The SMILES string of the molecule is C=C(C)C(=O)OCCCC(CC)(CC)C(=O)Cc1c(C(=O)OC2C(C(C)(C)C)CC(C)CC2C(C)(C)C)c(C(C)C)c2n1COC(=O)C(CC(=O)O)CCCCC(CC)(CC)C(=O)N=c1[nH]c(c(C(C)C)c1C(=O)OC1C(C(C)(C)C)CC(C)CC1C(C)(C)C)=C2C. The molecule has 2 N–H and O–H groups in total. The van der Waals surface area contributed by atoms with E-state index in [0.717, 1.165) is 25.7 Å². The topological polar surface area (TPSA) is 210 Å². The predicted molar refractivity (Wildman–Crippen MR) is 364 cm³/mol. The molecule has 5 rings (SSSR count). The maximum atomic E-state index is 16.5. The van der Waals surface area contributed by atoms with Crippen LogP contribution in [-0.2, 0) is 56.1 Å². The average molecular weight is 1280 g/mol. The Morgan fingerprint density at radius 1 is 0.728 bits per heavy atom. The van der Waals surface area contributed by atoms with Crippen molar-refractivity contribution in [1.82, 2.24) is 9.55 Å². The monoisotopic (exact) mass is 1280 g/mol. The van der Waals surface area contributed by atoms with Gasteiger partial charge in [-0.25, -0.2) is 14.4 Å². The minimum Gasteiger partial charge on any atom is -0.481 e. The van der Waals surface area contributed by atoms with Gasteiger partial charge in [-0.1, -0.05) is 172 Å². The second-order valence-corrected chi connectivity index (χ2v) is 33.5. The van der Waals surface area contributed by atoms with Crippen molar-refractivity contribution in [3.63, 3.8) is 0 Å². The van der Waals surface area contributed by atoms with Crippen molar-refractivity contribution < 1.29 is 57.6 Å². The summed E-state index contributed by atoms with van der Waals surface area (Å²) < 4.78 is 28.1.